The second kappa shape index (κ2) is 5.92. The molecule has 4 heteroatoms. The molecule has 4 nitrogen and oxygen atoms in total. The molecule has 134 valence electrons. The zero-order valence-electron chi connectivity index (χ0n) is 16.3. The topological polar surface area (TPSA) is 34.3 Å². The standard InChI is InChI=1S/C23H22N3O/c1-14-11-17(23(2,3)4)21-16-8-7-15(24-5)12-19(16)27-22(21)20(14)18-9-10-25-13-26(18)6/h7-13H,1-4,6H3/q+1. The normalized spacial score (nSPS) is 11.9. The number of aromatic nitrogens is 2. The van der Waals surface area contributed by atoms with E-state index in [0.29, 0.717) is 5.69 Å². The van der Waals surface area contributed by atoms with Crippen molar-refractivity contribution in [3.05, 3.63) is 65.4 Å². The van der Waals surface area contributed by atoms with Gasteiger partial charge in [-0.05, 0) is 29.5 Å². The minimum Gasteiger partial charge on any atom is -0.457 e. The lowest BCUT2D eigenvalue weighted by atomic mass is 9.81. The molecule has 0 aliphatic carbocycles. The second-order valence-electron chi connectivity index (χ2n) is 8.04. The van der Waals surface area contributed by atoms with E-state index in [2.05, 4.69) is 43.6 Å². The van der Waals surface area contributed by atoms with E-state index in [-0.39, 0.29) is 5.41 Å². The van der Waals surface area contributed by atoms with E-state index in [4.69, 9.17) is 11.0 Å². The molecule has 0 spiro atoms. The second-order valence-corrected chi connectivity index (χ2v) is 8.04. The number of nitrogens with zero attached hydrogens (tertiary/aromatic N) is 3. The molecule has 0 aliphatic heterocycles. The van der Waals surface area contributed by atoms with E-state index in [9.17, 15) is 0 Å². The van der Waals surface area contributed by atoms with Crippen molar-refractivity contribution >= 4 is 27.6 Å². The molecule has 0 N–H and O–H groups in total. The fraction of sp³-hybridized carbons (Fsp3) is 0.261. The molecule has 0 fully saturated rings. The minimum atomic E-state index is -0.0305. The molecule has 0 saturated heterocycles. The molecule has 0 saturated carbocycles. The van der Waals surface area contributed by atoms with Crippen LogP contribution < -0.4 is 4.57 Å². The lowest BCUT2D eigenvalue weighted by molar-refractivity contribution is -0.663. The number of hydrogen-bond donors (Lipinski definition) is 0. The van der Waals surface area contributed by atoms with Crippen LogP contribution in [0.4, 0.5) is 5.69 Å². The first-order valence-electron chi connectivity index (χ1n) is 8.99. The largest absolute Gasteiger partial charge is 0.457 e. The van der Waals surface area contributed by atoms with Crippen LogP contribution in [-0.2, 0) is 12.5 Å². The third-order valence-electron chi connectivity index (χ3n) is 5.06. The van der Waals surface area contributed by atoms with Crippen LogP contribution in [0.1, 0.15) is 31.9 Å². The van der Waals surface area contributed by atoms with E-state index in [1.54, 1.807) is 12.5 Å². The summed E-state index contributed by atoms with van der Waals surface area (Å²) in [5.41, 5.74) is 6.74. The third-order valence-corrected chi connectivity index (χ3v) is 5.06. The highest BCUT2D eigenvalue weighted by atomic mass is 16.3. The van der Waals surface area contributed by atoms with E-state index in [1.807, 2.05) is 35.9 Å². The lowest BCUT2D eigenvalue weighted by Gasteiger charge is -2.22. The summed E-state index contributed by atoms with van der Waals surface area (Å²) < 4.78 is 8.39. The van der Waals surface area contributed by atoms with Crippen molar-refractivity contribution < 1.29 is 8.98 Å². The van der Waals surface area contributed by atoms with Gasteiger partial charge in [0.2, 0.25) is 0 Å². The van der Waals surface area contributed by atoms with E-state index in [0.717, 1.165) is 33.2 Å². The highest BCUT2D eigenvalue weighted by Crippen LogP contribution is 2.43. The average Bonchev–Trinajstić information content (AvgIpc) is 2.99. The Morgan fingerprint density at radius 3 is 2.59 bits per heavy atom. The number of aryl methyl sites for hydroxylation is 2. The molecular weight excluding hydrogens is 334 g/mol. The summed E-state index contributed by atoms with van der Waals surface area (Å²) in [6.45, 7) is 16.1. The van der Waals surface area contributed by atoms with Gasteiger partial charge in [0.25, 0.3) is 6.33 Å². The molecule has 2 heterocycles. The quantitative estimate of drug-likeness (QED) is 0.327. The Morgan fingerprint density at radius 2 is 1.93 bits per heavy atom. The highest BCUT2D eigenvalue weighted by molar-refractivity contribution is 6.12. The molecule has 0 atom stereocenters. The van der Waals surface area contributed by atoms with Crippen molar-refractivity contribution in [1.82, 2.24) is 4.98 Å². The third kappa shape index (κ3) is 2.67. The maximum atomic E-state index is 7.31. The summed E-state index contributed by atoms with van der Waals surface area (Å²) in [5.74, 6) is 0. The maximum absolute atomic E-state index is 7.31. The summed E-state index contributed by atoms with van der Waals surface area (Å²) in [7, 11) is 1.99. The average molecular weight is 356 g/mol. The SMILES string of the molecule is [C-]#[N+]c1ccc2c(c1)oc1c(-c3ccnc[n+]3C)c(C)cc(C(C)(C)C)c12. The molecule has 0 aliphatic rings. The Bertz CT molecular complexity index is 1240. The van der Waals surface area contributed by atoms with Crippen LogP contribution in [0.2, 0.25) is 0 Å². The Labute approximate surface area is 158 Å². The summed E-state index contributed by atoms with van der Waals surface area (Å²) in [6.07, 6.45) is 3.61. The highest BCUT2D eigenvalue weighted by Gasteiger charge is 2.26. The number of benzene rings is 2. The molecule has 4 rings (SSSR count). The molecule has 0 radical (unpaired) electrons. The van der Waals surface area contributed by atoms with Crippen LogP contribution in [0.25, 0.3) is 38.0 Å². The van der Waals surface area contributed by atoms with Crippen LogP contribution in [0.3, 0.4) is 0 Å². The summed E-state index contributed by atoms with van der Waals surface area (Å²) in [6, 6.07) is 9.99. The van der Waals surface area contributed by atoms with Gasteiger partial charge in [-0.15, -0.1) is 0 Å². The number of hydrogen-bond acceptors (Lipinski definition) is 2. The molecule has 27 heavy (non-hydrogen) atoms. The van der Waals surface area contributed by atoms with Crippen LogP contribution in [0, 0.1) is 13.5 Å². The number of fused-ring (bicyclic) bond motifs is 3. The van der Waals surface area contributed by atoms with Gasteiger partial charge in [0.15, 0.2) is 5.69 Å². The molecule has 2 aromatic carbocycles. The van der Waals surface area contributed by atoms with Crippen molar-refractivity contribution in [3.63, 3.8) is 0 Å². The lowest BCUT2D eigenvalue weighted by Crippen LogP contribution is -2.31. The maximum Gasteiger partial charge on any atom is 0.286 e. The number of furan rings is 1. The van der Waals surface area contributed by atoms with Gasteiger partial charge < -0.3 is 4.42 Å². The molecule has 0 bridgehead atoms. The van der Waals surface area contributed by atoms with Crippen LogP contribution in [0.5, 0.6) is 0 Å². The van der Waals surface area contributed by atoms with Crippen LogP contribution >= 0.6 is 0 Å². The zero-order valence-corrected chi connectivity index (χ0v) is 16.3. The fourth-order valence-electron chi connectivity index (χ4n) is 3.74. The molecule has 4 aromatic rings. The molecule has 0 amide bonds. The number of rotatable bonds is 1. The summed E-state index contributed by atoms with van der Waals surface area (Å²) in [4.78, 5) is 7.75. The first-order valence-corrected chi connectivity index (χ1v) is 8.99. The first-order chi connectivity index (χ1) is 12.8. The van der Waals surface area contributed by atoms with Crippen LogP contribution in [0.15, 0.2) is 47.3 Å². The van der Waals surface area contributed by atoms with Crippen molar-refractivity contribution in [3.8, 4) is 11.3 Å². The van der Waals surface area contributed by atoms with Gasteiger partial charge in [-0.3, -0.25) is 0 Å². The predicted molar refractivity (Wildman–Crippen MR) is 108 cm³/mol. The first kappa shape index (κ1) is 17.2. The summed E-state index contributed by atoms with van der Waals surface area (Å²) >= 11 is 0. The fourth-order valence-corrected chi connectivity index (χ4v) is 3.74. The van der Waals surface area contributed by atoms with Gasteiger partial charge in [0.1, 0.15) is 23.1 Å². The van der Waals surface area contributed by atoms with Gasteiger partial charge >= 0.3 is 0 Å². The van der Waals surface area contributed by atoms with Crippen molar-refractivity contribution in [1.29, 1.82) is 0 Å². The summed E-state index contributed by atoms with van der Waals surface area (Å²) in [5, 5.41) is 2.19. The van der Waals surface area contributed by atoms with Gasteiger partial charge in [0.05, 0.1) is 19.2 Å². The van der Waals surface area contributed by atoms with Crippen LogP contribution in [-0.4, -0.2) is 4.98 Å². The minimum absolute atomic E-state index is 0.0305. The van der Waals surface area contributed by atoms with Gasteiger partial charge in [-0.2, -0.15) is 0 Å². The molecule has 0 unspecified atom stereocenters. The van der Waals surface area contributed by atoms with Crippen molar-refractivity contribution in [2.75, 3.05) is 0 Å². The van der Waals surface area contributed by atoms with E-state index >= 15 is 0 Å². The molecular formula is C23H22N3O+. The monoisotopic (exact) mass is 356 g/mol. The molecule has 2 aromatic heterocycles. The Balaban J connectivity index is 2.23. The van der Waals surface area contributed by atoms with Gasteiger partial charge in [0, 0.05) is 16.8 Å². The Morgan fingerprint density at radius 1 is 1.15 bits per heavy atom. The predicted octanol–water partition coefficient (Wildman–Crippen LogP) is 5.63. The zero-order chi connectivity index (χ0) is 19.3. The Kier molecular flexibility index (Phi) is 3.78. The van der Waals surface area contributed by atoms with Crippen molar-refractivity contribution in [2.24, 2.45) is 7.05 Å². The van der Waals surface area contributed by atoms with Gasteiger partial charge in [-0.1, -0.05) is 44.0 Å². The smallest absolute Gasteiger partial charge is 0.286 e. The van der Waals surface area contributed by atoms with E-state index in [1.165, 1.54) is 11.1 Å². The van der Waals surface area contributed by atoms with Gasteiger partial charge in [-0.25, -0.2) is 9.41 Å². The van der Waals surface area contributed by atoms with E-state index < -0.39 is 0 Å². The van der Waals surface area contributed by atoms with Crippen molar-refractivity contribution in [2.45, 2.75) is 33.1 Å². The Hall–Kier alpha value is -3.19.